The fraction of sp³-hybridized carbons (Fsp3) is 0.625. The molecule has 5 nitrogen and oxygen atoms in total. The van der Waals surface area contributed by atoms with E-state index in [1.54, 1.807) is 4.90 Å². The van der Waals surface area contributed by atoms with Gasteiger partial charge in [0.1, 0.15) is 21.2 Å². The molecule has 0 radical (unpaired) electrons. The molecule has 1 amide bonds. The highest BCUT2D eigenvalue weighted by Crippen LogP contribution is 2.37. The molecule has 0 bridgehead atoms. The van der Waals surface area contributed by atoms with E-state index in [-0.39, 0.29) is 6.09 Å². The first-order chi connectivity index (χ1) is 10.6. The van der Waals surface area contributed by atoms with Crippen LogP contribution in [0, 0.1) is 0 Å². The van der Waals surface area contributed by atoms with Gasteiger partial charge in [-0.15, -0.1) is 0 Å². The van der Waals surface area contributed by atoms with Gasteiger partial charge in [0.2, 0.25) is 0 Å². The number of rotatable bonds is 2. The number of hydrogen-bond donors (Lipinski definition) is 0. The monoisotopic (exact) mass is 360 g/mol. The van der Waals surface area contributed by atoms with E-state index >= 15 is 0 Å². The molecule has 0 aromatic carbocycles. The van der Waals surface area contributed by atoms with Crippen molar-refractivity contribution in [1.82, 2.24) is 9.88 Å². The Labute approximate surface area is 146 Å². The lowest BCUT2D eigenvalue weighted by Crippen LogP contribution is -2.49. The van der Waals surface area contributed by atoms with Crippen molar-refractivity contribution in [2.75, 3.05) is 13.1 Å². The topological polar surface area (TPSA) is 51.7 Å². The van der Waals surface area contributed by atoms with E-state index in [4.69, 9.17) is 32.7 Å². The molecule has 0 aliphatic carbocycles. The van der Waals surface area contributed by atoms with Crippen molar-refractivity contribution in [1.29, 1.82) is 0 Å². The number of nitrogens with zero attached hydrogens (tertiary/aromatic N) is 2. The molecule has 128 valence electrons. The summed E-state index contributed by atoms with van der Waals surface area (Å²) in [4.78, 5) is 17.7. The van der Waals surface area contributed by atoms with Crippen LogP contribution < -0.4 is 4.74 Å². The summed E-state index contributed by atoms with van der Waals surface area (Å²) >= 11 is 12.2. The van der Waals surface area contributed by atoms with Crippen molar-refractivity contribution in [3.8, 4) is 5.75 Å². The van der Waals surface area contributed by atoms with Crippen molar-refractivity contribution in [3.05, 3.63) is 22.4 Å². The number of carbonyl (C=O) groups is 1. The fourth-order valence-corrected chi connectivity index (χ4v) is 2.78. The van der Waals surface area contributed by atoms with E-state index in [1.165, 1.54) is 12.4 Å². The molecule has 1 aliphatic rings. The van der Waals surface area contributed by atoms with Crippen molar-refractivity contribution in [3.63, 3.8) is 0 Å². The highest BCUT2D eigenvalue weighted by molar-refractivity contribution is 6.36. The van der Waals surface area contributed by atoms with E-state index < -0.39 is 11.2 Å². The zero-order chi connectivity index (χ0) is 17.3. The first-order valence-corrected chi connectivity index (χ1v) is 8.31. The third-order valence-corrected chi connectivity index (χ3v) is 4.17. The van der Waals surface area contributed by atoms with Crippen LogP contribution in [0.2, 0.25) is 10.0 Å². The third-order valence-electron chi connectivity index (χ3n) is 3.63. The van der Waals surface area contributed by atoms with Gasteiger partial charge in [-0.3, -0.25) is 4.98 Å². The van der Waals surface area contributed by atoms with Crippen LogP contribution >= 0.6 is 23.2 Å². The lowest BCUT2D eigenvalue weighted by Gasteiger charge is -2.40. The highest BCUT2D eigenvalue weighted by atomic mass is 35.5. The Morgan fingerprint density at radius 1 is 1.22 bits per heavy atom. The SMILES string of the molecule is CC(C)(C)OC(=O)N1CCC(C)(Oc2c(Cl)cncc2Cl)CC1. The number of ether oxygens (including phenoxy) is 2. The van der Waals surface area contributed by atoms with Gasteiger partial charge in [-0.25, -0.2) is 4.79 Å². The average molecular weight is 361 g/mol. The first-order valence-electron chi connectivity index (χ1n) is 7.56. The zero-order valence-electron chi connectivity index (χ0n) is 13.9. The van der Waals surface area contributed by atoms with E-state index in [0.29, 0.717) is 41.7 Å². The largest absolute Gasteiger partial charge is 0.484 e. The lowest BCUT2D eigenvalue weighted by atomic mass is 9.93. The molecule has 0 saturated carbocycles. The minimum absolute atomic E-state index is 0.292. The number of hydrogen-bond acceptors (Lipinski definition) is 4. The van der Waals surface area contributed by atoms with E-state index in [2.05, 4.69) is 4.98 Å². The maximum atomic E-state index is 12.1. The molecule has 1 saturated heterocycles. The smallest absolute Gasteiger partial charge is 0.410 e. The number of likely N-dealkylation sites (tertiary alicyclic amines) is 1. The number of halogens is 2. The Kier molecular flexibility index (Phi) is 5.31. The molecule has 1 aromatic rings. The van der Waals surface area contributed by atoms with E-state index in [0.717, 1.165) is 0 Å². The highest BCUT2D eigenvalue weighted by Gasteiger charge is 2.36. The Bertz CT molecular complexity index is 559. The summed E-state index contributed by atoms with van der Waals surface area (Å²) < 4.78 is 11.4. The number of amides is 1. The molecule has 0 N–H and O–H groups in total. The molecular formula is C16H22Cl2N2O3. The van der Waals surface area contributed by atoms with Gasteiger partial charge in [-0.2, -0.15) is 0 Å². The Morgan fingerprint density at radius 2 is 1.74 bits per heavy atom. The molecule has 0 unspecified atom stereocenters. The molecule has 23 heavy (non-hydrogen) atoms. The van der Waals surface area contributed by atoms with Crippen LogP contribution in [0.1, 0.15) is 40.5 Å². The van der Waals surface area contributed by atoms with Crippen molar-refractivity contribution in [2.45, 2.75) is 51.7 Å². The van der Waals surface area contributed by atoms with Crippen LogP contribution in [0.25, 0.3) is 0 Å². The number of piperidine rings is 1. The van der Waals surface area contributed by atoms with E-state index in [1.807, 2.05) is 27.7 Å². The molecule has 7 heteroatoms. The summed E-state index contributed by atoms with van der Waals surface area (Å²) in [6.07, 6.45) is 4.05. The number of aromatic nitrogens is 1. The van der Waals surface area contributed by atoms with Crippen molar-refractivity contribution < 1.29 is 14.3 Å². The van der Waals surface area contributed by atoms with Crippen LogP contribution in [0.5, 0.6) is 5.75 Å². The first kappa shape index (κ1) is 18.1. The Balaban J connectivity index is 1.99. The molecular weight excluding hydrogens is 339 g/mol. The molecule has 2 rings (SSSR count). The minimum Gasteiger partial charge on any atom is -0.484 e. The maximum Gasteiger partial charge on any atom is 0.410 e. The predicted octanol–water partition coefficient (Wildman–Crippen LogP) is 4.56. The molecule has 1 aliphatic heterocycles. The Hall–Kier alpha value is -1.20. The fourth-order valence-electron chi connectivity index (χ4n) is 2.33. The predicted molar refractivity (Wildman–Crippen MR) is 90.3 cm³/mol. The molecule has 1 aromatic heterocycles. The summed E-state index contributed by atoms with van der Waals surface area (Å²) in [5.74, 6) is 0.441. The quantitative estimate of drug-likeness (QED) is 0.775. The van der Waals surface area contributed by atoms with Gasteiger partial charge in [0.15, 0.2) is 5.75 Å². The Morgan fingerprint density at radius 3 is 2.22 bits per heavy atom. The summed E-state index contributed by atoms with van der Waals surface area (Å²) in [6.45, 7) is 8.69. The second-order valence-electron chi connectivity index (χ2n) is 6.95. The maximum absolute atomic E-state index is 12.1. The zero-order valence-corrected chi connectivity index (χ0v) is 15.4. The van der Waals surface area contributed by atoms with Crippen LogP contribution in [0.15, 0.2) is 12.4 Å². The molecule has 2 heterocycles. The average Bonchev–Trinajstić information content (AvgIpc) is 2.42. The molecule has 1 fully saturated rings. The van der Waals surface area contributed by atoms with Crippen LogP contribution in [0.4, 0.5) is 4.79 Å². The standard InChI is InChI=1S/C16H22Cl2N2O3/c1-15(2,3)23-14(21)20-7-5-16(4,6-8-20)22-13-11(17)9-19-10-12(13)18/h9-10H,5-8H2,1-4H3. The van der Waals surface area contributed by atoms with Gasteiger partial charge in [0.25, 0.3) is 0 Å². The van der Waals surface area contributed by atoms with Gasteiger partial charge in [-0.1, -0.05) is 23.2 Å². The third kappa shape index (κ3) is 4.88. The van der Waals surface area contributed by atoms with Crippen molar-refractivity contribution >= 4 is 29.3 Å². The van der Waals surface area contributed by atoms with Crippen LogP contribution in [-0.2, 0) is 4.74 Å². The minimum atomic E-state index is -0.494. The normalized spacial score (nSPS) is 17.7. The second kappa shape index (κ2) is 6.73. The summed E-state index contributed by atoms with van der Waals surface area (Å²) in [7, 11) is 0. The van der Waals surface area contributed by atoms with Gasteiger partial charge in [-0.05, 0) is 27.7 Å². The molecule has 0 spiro atoms. The van der Waals surface area contributed by atoms with Gasteiger partial charge in [0.05, 0.1) is 0 Å². The number of pyridine rings is 1. The van der Waals surface area contributed by atoms with Gasteiger partial charge < -0.3 is 14.4 Å². The molecule has 0 atom stereocenters. The van der Waals surface area contributed by atoms with Gasteiger partial charge in [0, 0.05) is 38.3 Å². The van der Waals surface area contributed by atoms with Crippen LogP contribution in [0.3, 0.4) is 0 Å². The van der Waals surface area contributed by atoms with E-state index in [9.17, 15) is 4.79 Å². The van der Waals surface area contributed by atoms with Crippen molar-refractivity contribution in [2.24, 2.45) is 0 Å². The van der Waals surface area contributed by atoms with Crippen LogP contribution in [-0.4, -0.2) is 40.3 Å². The van der Waals surface area contributed by atoms with Gasteiger partial charge >= 0.3 is 6.09 Å². The second-order valence-corrected chi connectivity index (χ2v) is 7.77. The lowest BCUT2D eigenvalue weighted by molar-refractivity contribution is -0.00978. The number of carbonyl (C=O) groups excluding carboxylic acids is 1. The summed E-state index contributed by atoms with van der Waals surface area (Å²) in [5.41, 5.74) is -0.931. The summed E-state index contributed by atoms with van der Waals surface area (Å²) in [5, 5.41) is 0.765. The summed E-state index contributed by atoms with van der Waals surface area (Å²) in [6, 6.07) is 0.